The van der Waals surface area contributed by atoms with Crippen LogP contribution in [-0.4, -0.2) is 38.0 Å². The van der Waals surface area contributed by atoms with Crippen molar-refractivity contribution >= 4 is 34.1 Å². The van der Waals surface area contributed by atoms with Crippen molar-refractivity contribution in [2.75, 3.05) is 32.4 Å². The summed E-state index contributed by atoms with van der Waals surface area (Å²) in [6.07, 6.45) is 0. The van der Waals surface area contributed by atoms with Gasteiger partial charge in [0.2, 0.25) is 5.91 Å². The maximum absolute atomic E-state index is 12.2. The Morgan fingerprint density at radius 1 is 1.04 bits per heavy atom. The zero-order valence-electron chi connectivity index (χ0n) is 15.7. The summed E-state index contributed by atoms with van der Waals surface area (Å²) in [5.74, 6) is 2.28. The second kappa shape index (κ2) is 9.48. The first-order valence-electron chi connectivity index (χ1n) is 8.37. The van der Waals surface area contributed by atoms with Gasteiger partial charge >= 0.3 is 0 Å². The molecule has 0 fully saturated rings. The molecule has 0 radical (unpaired) electrons. The third kappa shape index (κ3) is 4.96. The highest BCUT2D eigenvalue weighted by Crippen LogP contribution is 2.33. The minimum atomic E-state index is -0.103. The van der Waals surface area contributed by atoms with Gasteiger partial charge in [0.05, 0.1) is 32.8 Å². The van der Waals surface area contributed by atoms with Gasteiger partial charge in [-0.3, -0.25) is 4.79 Å². The lowest BCUT2D eigenvalue weighted by molar-refractivity contribution is -0.113. The van der Waals surface area contributed by atoms with Crippen LogP contribution >= 0.6 is 23.1 Å². The fraction of sp³-hybridized carbons (Fsp3) is 0.200. The highest BCUT2D eigenvalue weighted by atomic mass is 32.2. The number of hydrogen-bond acceptors (Lipinski definition) is 7. The van der Waals surface area contributed by atoms with Gasteiger partial charge in [-0.1, -0.05) is 0 Å². The predicted molar refractivity (Wildman–Crippen MR) is 113 cm³/mol. The van der Waals surface area contributed by atoms with Crippen LogP contribution in [-0.2, 0) is 4.79 Å². The van der Waals surface area contributed by atoms with Crippen LogP contribution in [0.5, 0.6) is 17.2 Å². The molecular formula is C20H20N2O4S2. The summed E-state index contributed by atoms with van der Waals surface area (Å²) in [6.45, 7) is 0. The second-order valence-electron chi connectivity index (χ2n) is 5.62. The first-order valence-corrected chi connectivity index (χ1v) is 10.2. The van der Waals surface area contributed by atoms with Gasteiger partial charge in [-0.2, -0.15) is 0 Å². The summed E-state index contributed by atoms with van der Waals surface area (Å²) in [5, 5.41) is 5.30. The molecule has 0 spiro atoms. The largest absolute Gasteiger partial charge is 0.497 e. The number of anilines is 1. The van der Waals surface area contributed by atoms with Crippen LogP contribution in [0, 0.1) is 0 Å². The molecule has 0 saturated heterocycles. The number of aromatic nitrogens is 1. The summed E-state index contributed by atoms with van der Waals surface area (Å²) < 4.78 is 15.7. The molecule has 2 aromatic carbocycles. The quantitative estimate of drug-likeness (QED) is 0.543. The molecule has 28 heavy (non-hydrogen) atoms. The van der Waals surface area contributed by atoms with Crippen LogP contribution in [0.2, 0.25) is 0 Å². The van der Waals surface area contributed by atoms with Gasteiger partial charge in [-0.25, -0.2) is 4.98 Å². The standard InChI is InChI=1S/C20H20N2O4S2/c1-24-14-5-7-15(8-6-14)27-12-19(23)22-20-21-16(11-28-20)13-4-9-17(25-2)18(10-13)26-3/h4-11H,12H2,1-3H3,(H,21,22,23). The molecule has 0 saturated carbocycles. The Bertz CT molecular complexity index is 942. The zero-order chi connectivity index (χ0) is 19.9. The summed E-state index contributed by atoms with van der Waals surface area (Å²) in [5.41, 5.74) is 1.66. The van der Waals surface area contributed by atoms with Crippen molar-refractivity contribution in [2.24, 2.45) is 0 Å². The second-order valence-corrected chi connectivity index (χ2v) is 7.53. The number of hydrogen-bond donors (Lipinski definition) is 1. The molecule has 1 heterocycles. The van der Waals surface area contributed by atoms with Crippen molar-refractivity contribution in [1.82, 2.24) is 4.98 Å². The number of benzene rings is 2. The molecule has 3 aromatic rings. The molecule has 146 valence electrons. The van der Waals surface area contributed by atoms with Gasteiger partial charge in [0.25, 0.3) is 0 Å². The summed E-state index contributed by atoms with van der Waals surface area (Å²) in [6, 6.07) is 13.2. The van der Waals surface area contributed by atoms with Crippen LogP contribution in [0.3, 0.4) is 0 Å². The monoisotopic (exact) mass is 416 g/mol. The van der Waals surface area contributed by atoms with Crippen LogP contribution in [0.25, 0.3) is 11.3 Å². The van der Waals surface area contributed by atoms with Gasteiger partial charge in [0.1, 0.15) is 5.75 Å². The summed E-state index contributed by atoms with van der Waals surface area (Å²) >= 11 is 2.84. The highest BCUT2D eigenvalue weighted by molar-refractivity contribution is 8.00. The van der Waals surface area contributed by atoms with Gasteiger partial charge in [0, 0.05) is 15.8 Å². The normalized spacial score (nSPS) is 10.4. The van der Waals surface area contributed by atoms with Crippen molar-refractivity contribution in [3.63, 3.8) is 0 Å². The molecule has 0 aliphatic rings. The fourth-order valence-electron chi connectivity index (χ4n) is 2.44. The van der Waals surface area contributed by atoms with Crippen molar-refractivity contribution in [2.45, 2.75) is 4.90 Å². The van der Waals surface area contributed by atoms with E-state index < -0.39 is 0 Å². The lowest BCUT2D eigenvalue weighted by Crippen LogP contribution is -2.13. The van der Waals surface area contributed by atoms with E-state index >= 15 is 0 Å². The Kier molecular flexibility index (Phi) is 6.78. The molecule has 0 bridgehead atoms. The molecule has 0 unspecified atom stereocenters. The van der Waals surface area contributed by atoms with E-state index in [9.17, 15) is 4.79 Å². The molecule has 0 aliphatic heterocycles. The van der Waals surface area contributed by atoms with E-state index in [0.29, 0.717) is 22.4 Å². The third-order valence-corrected chi connectivity index (χ3v) is 5.63. The van der Waals surface area contributed by atoms with Crippen molar-refractivity contribution < 1.29 is 19.0 Å². The maximum atomic E-state index is 12.2. The molecule has 1 aromatic heterocycles. The van der Waals surface area contributed by atoms with Gasteiger partial charge < -0.3 is 19.5 Å². The minimum Gasteiger partial charge on any atom is -0.497 e. The van der Waals surface area contributed by atoms with Crippen molar-refractivity contribution in [3.05, 3.63) is 47.8 Å². The Balaban J connectivity index is 1.60. The van der Waals surface area contributed by atoms with E-state index in [1.54, 1.807) is 21.3 Å². The number of rotatable bonds is 8. The van der Waals surface area contributed by atoms with E-state index in [-0.39, 0.29) is 5.91 Å². The van der Waals surface area contributed by atoms with E-state index in [4.69, 9.17) is 14.2 Å². The van der Waals surface area contributed by atoms with E-state index in [1.165, 1.54) is 23.1 Å². The number of nitrogens with zero attached hydrogens (tertiary/aromatic N) is 1. The molecule has 1 amide bonds. The van der Waals surface area contributed by atoms with Gasteiger partial charge in [-0.05, 0) is 42.5 Å². The number of thioether (sulfide) groups is 1. The van der Waals surface area contributed by atoms with Crippen LogP contribution in [0.1, 0.15) is 0 Å². The number of nitrogens with one attached hydrogen (secondary N) is 1. The average Bonchev–Trinajstić information content (AvgIpc) is 3.20. The minimum absolute atomic E-state index is 0.103. The molecule has 0 aliphatic carbocycles. The molecule has 0 atom stereocenters. The topological polar surface area (TPSA) is 69.7 Å². The van der Waals surface area contributed by atoms with Crippen molar-refractivity contribution in [1.29, 1.82) is 0 Å². The molecule has 3 rings (SSSR count). The number of thiazole rings is 1. The van der Waals surface area contributed by atoms with Gasteiger partial charge in [-0.15, -0.1) is 23.1 Å². The number of carbonyl (C=O) groups is 1. The Hall–Kier alpha value is -2.71. The average molecular weight is 417 g/mol. The maximum Gasteiger partial charge on any atom is 0.236 e. The molecular weight excluding hydrogens is 396 g/mol. The summed E-state index contributed by atoms with van der Waals surface area (Å²) in [4.78, 5) is 17.7. The Labute approximate surface area is 171 Å². The lowest BCUT2D eigenvalue weighted by atomic mass is 10.1. The highest BCUT2D eigenvalue weighted by Gasteiger charge is 2.11. The number of methoxy groups -OCH3 is 3. The van der Waals surface area contributed by atoms with Crippen LogP contribution in [0.15, 0.2) is 52.7 Å². The third-order valence-electron chi connectivity index (χ3n) is 3.86. The molecule has 1 N–H and O–H groups in total. The number of carbonyl (C=O) groups excluding carboxylic acids is 1. The van der Waals surface area contributed by atoms with Crippen LogP contribution < -0.4 is 19.5 Å². The zero-order valence-corrected chi connectivity index (χ0v) is 17.4. The van der Waals surface area contributed by atoms with Gasteiger partial charge in [0.15, 0.2) is 16.6 Å². The predicted octanol–water partition coefficient (Wildman–Crippen LogP) is 4.57. The van der Waals surface area contributed by atoms with E-state index in [2.05, 4.69) is 10.3 Å². The SMILES string of the molecule is COc1ccc(SCC(=O)Nc2nc(-c3ccc(OC)c(OC)c3)cs2)cc1. The Morgan fingerprint density at radius 3 is 2.46 bits per heavy atom. The van der Waals surface area contributed by atoms with Crippen molar-refractivity contribution in [3.8, 4) is 28.5 Å². The van der Waals surface area contributed by atoms with E-state index in [1.807, 2.05) is 47.8 Å². The van der Waals surface area contributed by atoms with E-state index in [0.717, 1.165) is 21.9 Å². The first-order chi connectivity index (χ1) is 13.6. The molecule has 8 heteroatoms. The Morgan fingerprint density at radius 2 is 1.79 bits per heavy atom. The number of amides is 1. The molecule has 6 nitrogen and oxygen atoms in total. The van der Waals surface area contributed by atoms with Crippen LogP contribution in [0.4, 0.5) is 5.13 Å². The fourth-order valence-corrected chi connectivity index (χ4v) is 3.87. The lowest BCUT2D eigenvalue weighted by Gasteiger charge is -2.08. The number of ether oxygens (including phenoxy) is 3. The summed E-state index contributed by atoms with van der Waals surface area (Å²) in [7, 11) is 4.81. The smallest absolute Gasteiger partial charge is 0.236 e. The first kappa shape index (κ1) is 20.0.